The highest BCUT2D eigenvalue weighted by molar-refractivity contribution is 7.15. The third-order valence-electron chi connectivity index (χ3n) is 3.83. The standard InChI is InChI=1S/C19H13N5OS2/c20-10-13-5-3-12(4-6-13)8-14-11-21-19(27-14)22-18(25)16-9-15(23-24-16)17-2-1-7-26-17/h1-7,9,11H,8H2,(H,23,24)(H,21,22,25). The van der Waals surface area contributed by atoms with E-state index in [1.807, 2.05) is 29.6 Å². The number of thiophene rings is 1. The van der Waals surface area contributed by atoms with Gasteiger partial charge in [0.1, 0.15) is 0 Å². The number of hydrogen-bond acceptors (Lipinski definition) is 6. The number of hydrogen-bond donors (Lipinski definition) is 2. The molecule has 0 bridgehead atoms. The molecule has 0 atom stereocenters. The molecule has 1 amide bonds. The van der Waals surface area contributed by atoms with Gasteiger partial charge >= 0.3 is 0 Å². The van der Waals surface area contributed by atoms with Crippen LogP contribution in [-0.4, -0.2) is 21.1 Å². The Balaban J connectivity index is 1.41. The number of H-pyrrole nitrogens is 1. The number of aromatic amines is 1. The Morgan fingerprint density at radius 2 is 2.11 bits per heavy atom. The van der Waals surface area contributed by atoms with E-state index >= 15 is 0 Å². The molecule has 4 rings (SSSR count). The average molecular weight is 391 g/mol. The van der Waals surface area contributed by atoms with Crippen molar-refractivity contribution in [2.75, 3.05) is 5.32 Å². The predicted molar refractivity (Wildman–Crippen MR) is 106 cm³/mol. The van der Waals surface area contributed by atoms with E-state index in [1.54, 1.807) is 35.7 Å². The van der Waals surface area contributed by atoms with Crippen molar-refractivity contribution in [3.63, 3.8) is 0 Å². The fourth-order valence-electron chi connectivity index (χ4n) is 2.50. The number of carbonyl (C=O) groups excluding carboxylic acids is 1. The second-order valence-corrected chi connectivity index (χ2v) is 7.78. The van der Waals surface area contributed by atoms with Gasteiger partial charge in [0.05, 0.1) is 22.2 Å². The van der Waals surface area contributed by atoms with Crippen LogP contribution in [0.1, 0.15) is 26.5 Å². The van der Waals surface area contributed by atoms with E-state index in [-0.39, 0.29) is 5.91 Å². The number of thiazole rings is 1. The lowest BCUT2D eigenvalue weighted by Crippen LogP contribution is -2.11. The first-order chi connectivity index (χ1) is 13.2. The molecule has 0 spiro atoms. The van der Waals surface area contributed by atoms with Gasteiger partial charge in [0.25, 0.3) is 5.91 Å². The van der Waals surface area contributed by atoms with E-state index in [2.05, 4.69) is 26.6 Å². The Bertz CT molecular complexity index is 1100. The summed E-state index contributed by atoms with van der Waals surface area (Å²) in [5.74, 6) is -0.298. The third kappa shape index (κ3) is 3.95. The summed E-state index contributed by atoms with van der Waals surface area (Å²) in [6.07, 6.45) is 2.45. The van der Waals surface area contributed by atoms with E-state index in [1.165, 1.54) is 11.3 Å². The van der Waals surface area contributed by atoms with Gasteiger partial charge in [-0.2, -0.15) is 10.4 Å². The van der Waals surface area contributed by atoms with Crippen molar-refractivity contribution in [3.05, 3.63) is 75.7 Å². The van der Waals surface area contributed by atoms with Gasteiger partial charge in [-0.25, -0.2) is 4.98 Å². The van der Waals surface area contributed by atoms with E-state index in [0.29, 0.717) is 22.8 Å². The molecule has 3 heterocycles. The van der Waals surface area contributed by atoms with Gasteiger partial charge in [-0.05, 0) is 35.2 Å². The molecule has 2 N–H and O–H groups in total. The Morgan fingerprint density at radius 1 is 1.26 bits per heavy atom. The van der Waals surface area contributed by atoms with Gasteiger partial charge in [-0.3, -0.25) is 15.2 Å². The molecule has 0 aliphatic carbocycles. The monoisotopic (exact) mass is 391 g/mol. The summed E-state index contributed by atoms with van der Waals surface area (Å²) in [7, 11) is 0. The molecule has 0 unspecified atom stereocenters. The average Bonchev–Trinajstić information content (AvgIpc) is 3.44. The Labute approximate surface area is 163 Å². The van der Waals surface area contributed by atoms with Crippen molar-refractivity contribution in [2.45, 2.75) is 6.42 Å². The van der Waals surface area contributed by atoms with Gasteiger partial charge < -0.3 is 0 Å². The van der Waals surface area contributed by atoms with Crippen molar-refractivity contribution in [1.82, 2.24) is 15.2 Å². The van der Waals surface area contributed by atoms with Gasteiger partial charge in [0, 0.05) is 17.5 Å². The summed E-state index contributed by atoms with van der Waals surface area (Å²) in [6, 6.07) is 15.2. The summed E-state index contributed by atoms with van der Waals surface area (Å²) < 4.78 is 0. The summed E-state index contributed by atoms with van der Waals surface area (Å²) in [5.41, 5.74) is 2.86. The van der Waals surface area contributed by atoms with Crippen LogP contribution in [-0.2, 0) is 6.42 Å². The zero-order chi connectivity index (χ0) is 18.6. The second kappa shape index (κ2) is 7.53. The quantitative estimate of drug-likeness (QED) is 0.530. The van der Waals surface area contributed by atoms with Crippen LogP contribution >= 0.6 is 22.7 Å². The molecule has 132 valence electrons. The molecule has 0 fully saturated rings. The van der Waals surface area contributed by atoms with Crippen molar-refractivity contribution in [3.8, 4) is 16.6 Å². The van der Waals surface area contributed by atoms with Crippen LogP contribution in [0.5, 0.6) is 0 Å². The zero-order valence-electron chi connectivity index (χ0n) is 14.0. The van der Waals surface area contributed by atoms with Crippen LogP contribution in [0.25, 0.3) is 10.6 Å². The molecule has 27 heavy (non-hydrogen) atoms. The van der Waals surface area contributed by atoms with Gasteiger partial charge in [0.15, 0.2) is 10.8 Å². The SMILES string of the molecule is N#Cc1ccc(Cc2cnc(NC(=O)c3cc(-c4cccs4)[nH]n3)s2)cc1. The highest BCUT2D eigenvalue weighted by Crippen LogP contribution is 2.24. The fourth-order valence-corrected chi connectivity index (χ4v) is 4.04. The lowest BCUT2D eigenvalue weighted by atomic mass is 10.1. The number of nitriles is 1. The normalized spacial score (nSPS) is 10.5. The Morgan fingerprint density at radius 3 is 2.85 bits per heavy atom. The van der Waals surface area contributed by atoms with E-state index in [9.17, 15) is 4.79 Å². The van der Waals surface area contributed by atoms with Crippen molar-refractivity contribution < 1.29 is 4.79 Å². The molecular weight excluding hydrogens is 378 g/mol. The highest BCUT2D eigenvalue weighted by atomic mass is 32.1. The molecule has 0 saturated heterocycles. The lowest BCUT2D eigenvalue weighted by molar-refractivity contribution is 0.102. The molecule has 0 aliphatic rings. The number of amides is 1. The number of anilines is 1. The number of nitrogens with zero attached hydrogens (tertiary/aromatic N) is 3. The largest absolute Gasteiger partial charge is 0.296 e. The predicted octanol–water partition coefficient (Wildman–Crippen LogP) is 4.31. The number of benzene rings is 1. The molecule has 8 heteroatoms. The maximum Gasteiger partial charge on any atom is 0.277 e. The minimum absolute atomic E-state index is 0.298. The fraction of sp³-hybridized carbons (Fsp3) is 0.0526. The van der Waals surface area contributed by atoms with Crippen LogP contribution < -0.4 is 5.32 Å². The Hall–Kier alpha value is -3.28. The minimum Gasteiger partial charge on any atom is -0.296 e. The first kappa shape index (κ1) is 17.1. The van der Waals surface area contributed by atoms with E-state index in [4.69, 9.17) is 5.26 Å². The zero-order valence-corrected chi connectivity index (χ0v) is 15.6. The van der Waals surface area contributed by atoms with Crippen LogP contribution in [0, 0.1) is 11.3 Å². The second-order valence-electron chi connectivity index (χ2n) is 5.72. The van der Waals surface area contributed by atoms with Crippen LogP contribution in [0.15, 0.2) is 54.0 Å². The van der Waals surface area contributed by atoms with Crippen molar-refractivity contribution in [1.29, 1.82) is 5.26 Å². The molecule has 1 aromatic carbocycles. The summed E-state index contributed by atoms with van der Waals surface area (Å²) in [5, 5.41) is 21.1. The topological polar surface area (TPSA) is 94.5 Å². The number of nitrogens with one attached hydrogen (secondary N) is 2. The molecule has 3 aromatic heterocycles. The maximum absolute atomic E-state index is 12.4. The van der Waals surface area contributed by atoms with Gasteiger partial charge in [0.2, 0.25) is 0 Å². The van der Waals surface area contributed by atoms with E-state index in [0.717, 1.165) is 21.0 Å². The highest BCUT2D eigenvalue weighted by Gasteiger charge is 2.14. The van der Waals surface area contributed by atoms with Crippen LogP contribution in [0.2, 0.25) is 0 Å². The van der Waals surface area contributed by atoms with Crippen LogP contribution in [0.4, 0.5) is 5.13 Å². The molecule has 0 saturated carbocycles. The van der Waals surface area contributed by atoms with Gasteiger partial charge in [-0.1, -0.05) is 18.2 Å². The van der Waals surface area contributed by atoms with Crippen molar-refractivity contribution >= 4 is 33.7 Å². The molecular formula is C19H13N5OS2. The number of rotatable bonds is 5. The van der Waals surface area contributed by atoms with Crippen LogP contribution in [0.3, 0.4) is 0 Å². The maximum atomic E-state index is 12.4. The first-order valence-electron chi connectivity index (χ1n) is 8.05. The minimum atomic E-state index is -0.298. The molecule has 0 aliphatic heterocycles. The van der Waals surface area contributed by atoms with Gasteiger partial charge in [-0.15, -0.1) is 22.7 Å². The first-order valence-corrected chi connectivity index (χ1v) is 9.75. The van der Waals surface area contributed by atoms with Crippen molar-refractivity contribution in [2.24, 2.45) is 0 Å². The summed E-state index contributed by atoms with van der Waals surface area (Å²) in [6.45, 7) is 0. The molecule has 0 radical (unpaired) electrons. The summed E-state index contributed by atoms with van der Waals surface area (Å²) >= 11 is 3.00. The smallest absolute Gasteiger partial charge is 0.277 e. The number of aromatic nitrogens is 3. The third-order valence-corrected chi connectivity index (χ3v) is 5.65. The number of carbonyl (C=O) groups is 1. The Kier molecular flexibility index (Phi) is 4.78. The molecule has 4 aromatic rings. The van der Waals surface area contributed by atoms with E-state index < -0.39 is 0 Å². The summed E-state index contributed by atoms with van der Waals surface area (Å²) in [4.78, 5) is 18.7. The lowest BCUT2D eigenvalue weighted by Gasteiger charge is -1.98. The molecule has 6 nitrogen and oxygen atoms in total.